The van der Waals surface area contributed by atoms with Crippen molar-refractivity contribution in [2.24, 2.45) is 0 Å². The summed E-state index contributed by atoms with van der Waals surface area (Å²) in [4.78, 5) is 0.340. The molecule has 0 bridgehead atoms. The lowest BCUT2D eigenvalue weighted by atomic mass is 10.2. The lowest BCUT2D eigenvalue weighted by molar-refractivity contribution is 0.717. The molecule has 1 unspecified atom stereocenters. The van der Waals surface area contributed by atoms with Crippen LogP contribution in [0.5, 0.6) is 0 Å². The summed E-state index contributed by atoms with van der Waals surface area (Å²) in [7, 11) is -1.23. The zero-order valence-electron chi connectivity index (χ0n) is 7.73. The highest BCUT2D eigenvalue weighted by atomic mass is 32.1. The van der Waals surface area contributed by atoms with Gasteiger partial charge in [-0.2, -0.15) is 12.6 Å². The van der Waals surface area contributed by atoms with E-state index >= 15 is 0 Å². The van der Waals surface area contributed by atoms with Crippen LogP contribution in [-0.2, 0) is 0 Å². The van der Waals surface area contributed by atoms with Crippen LogP contribution in [0.25, 0.3) is 0 Å². The van der Waals surface area contributed by atoms with Crippen LogP contribution in [0.1, 0.15) is 20.8 Å². The van der Waals surface area contributed by atoms with Crippen LogP contribution in [0, 0.1) is 6.92 Å². The minimum Gasteiger partial charge on any atom is -0.179 e. The van der Waals surface area contributed by atoms with E-state index in [1.54, 1.807) is 0 Å². The fraction of sp³-hybridized carbons (Fsp3) is 0.875. The van der Waals surface area contributed by atoms with Gasteiger partial charge in [-0.1, -0.05) is 33.9 Å². The SMILES string of the molecule is [CH2]C(S)[Si](C)(C)C(C)(C)C. The molecule has 0 aromatic heterocycles. The van der Waals surface area contributed by atoms with Gasteiger partial charge in [0.25, 0.3) is 0 Å². The first-order valence-corrected chi connectivity index (χ1v) is 7.30. The van der Waals surface area contributed by atoms with E-state index in [-0.39, 0.29) is 0 Å². The van der Waals surface area contributed by atoms with Gasteiger partial charge in [-0.3, -0.25) is 0 Å². The Labute approximate surface area is 71.8 Å². The number of hydrogen-bond acceptors (Lipinski definition) is 1. The maximum atomic E-state index is 4.42. The van der Waals surface area contributed by atoms with Gasteiger partial charge in [0.05, 0.1) is 8.07 Å². The average Bonchev–Trinajstić information content (AvgIpc) is 1.62. The summed E-state index contributed by atoms with van der Waals surface area (Å²) in [6, 6.07) is 0. The molecule has 61 valence electrons. The average molecular weight is 175 g/mol. The zero-order chi connectivity index (χ0) is 8.58. The van der Waals surface area contributed by atoms with Crippen LogP contribution < -0.4 is 0 Å². The molecule has 0 rings (SSSR count). The molecule has 10 heavy (non-hydrogen) atoms. The highest BCUT2D eigenvalue weighted by Crippen LogP contribution is 2.39. The van der Waals surface area contributed by atoms with Crippen molar-refractivity contribution in [2.75, 3.05) is 0 Å². The molecule has 0 heterocycles. The fourth-order valence-corrected chi connectivity index (χ4v) is 2.66. The van der Waals surface area contributed by atoms with Crippen LogP contribution in [0.4, 0.5) is 0 Å². The third kappa shape index (κ3) is 2.02. The molecule has 0 nitrogen and oxygen atoms in total. The Morgan fingerprint density at radius 3 is 1.60 bits per heavy atom. The first kappa shape index (κ1) is 10.6. The molecule has 2 heteroatoms. The predicted molar refractivity (Wildman–Crippen MR) is 55.3 cm³/mol. The second-order valence-electron chi connectivity index (χ2n) is 4.49. The van der Waals surface area contributed by atoms with Crippen molar-refractivity contribution in [1.82, 2.24) is 0 Å². The molecule has 0 aliphatic carbocycles. The number of hydrogen-bond donors (Lipinski definition) is 1. The monoisotopic (exact) mass is 175 g/mol. The number of rotatable bonds is 1. The fourth-order valence-electron chi connectivity index (χ4n) is 0.500. The van der Waals surface area contributed by atoms with Crippen LogP contribution in [0.2, 0.25) is 18.1 Å². The molecule has 0 fully saturated rings. The Balaban J connectivity index is 4.40. The van der Waals surface area contributed by atoms with Gasteiger partial charge in [0.15, 0.2) is 0 Å². The van der Waals surface area contributed by atoms with Crippen molar-refractivity contribution in [3.05, 3.63) is 6.92 Å². The summed E-state index contributed by atoms with van der Waals surface area (Å²) >= 11 is 4.42. The van der Waals surface area contributed by atoms with Crippen molar-refractivity contribution in [2.45, 2.75) is 43.8 Å². The second-order valence-corrected chi connectivity index (χ2v) is 11.2. The Hall–Kier alpha value is 0.567. The molecule has 1 atom stereocenters. The third-order valence-corrected chi connectivity index (χ3v) is 10.2. The van der Waals surface area contributed by atoms with E-state index in [4.69, 9.17) is 0 Å². The van der Waals surface area contributed by atoms with Gasteiger partial charge in [-0.05, 0) is 16.8 Å². The molecule has 0 saturated carbocycles. The summed E-state index contributed by atoms with van der Waals surface area (Å²) in [5.74, 6) is 0. The molecule has 0 aromatic rings. The molecule has 0 aliphatic rings. The van der Waals surface area contributed by atoms with E-state index in [9.17, 15) is 0 Å². The predicted octanol–water partition coefficient (Wildman–Crippen LogP) is 3.17. The van der Waals surface area contributed by atoms with E-state index < -0.39 is 8.07 Å². The normalized spacial score (nSPS) is 17.1. The Morgan fingerprint density at radius 1 is 1.30 bits per heavy atom. The maximum Gasteiger partial charge on any atom is 0.0667 e. The highest BCUT2D eigenvalue weighted by molar-refractivity contribution is 7.83. The Morgan fingerprint density at radius 2 is 1.60 bits per heavy atom. The molecule has 0 saturated heterocycles. The van der Waals surface area contributed by atoms with Crippen molar-refractivity contribution < 1.29 is 0 Å². The van der Waals surface area contributed by atoms with Gasteiger partial charge in [-0.15, -0.1) is 0 Å². The van der Waals surface area contributed by atoms with Gasteiger partial charge in [0.1, 0.15) is 0 Å². The number of thiol groups is 1. The van der Waals surface area contributed by atoms with Gasteiger partial charge < -0.3 is 0 Å². The van der Waals surface area contributed by atoms with Gasteiger partial charge in [0.2, 0.25) is 0 Å². The summed E-state index contributed by atoms with van der Waals surface area (Å²) in [6.45, 7) is 15.5. The molecule has 0 aromatic carbocycles. The minimum absolute atomic E-state index is 0.340. The standard InChI is InChI=1S/C8H19SSi/c1-7(9)10(5,6)8(2,3)4/h7,9H,1H2,2-6H3. The smallest absolute Gasteiger partial charge is 0.0667 e. The van der Waals surface area contributed by atoms with Crippen molar-refractivity contribution in [3.8, 4) is 0 Å². The quantitative estimate of drug-likeness (QED) is 0.459. The van der Waals surface area contributed by atoms with E-state index in [2.05, 4.69) is 53.4 Å². The molecule has 0 amide bonds. The van der Waals surface area contributed by atoms with Gasteiger partial charge in [-0.25, -0.2) is 0 Å². The van der Waals surface area contributed by atoms with Crippen LogP contribution in [-0.4, -0.2) is 12.9 Å². The Bertz CT molecular complexity index is 111. The zero-order valence-corrected chi connectivity index (χ0v) is 9.63. The van der Waals surface area contributed by atoms with Gasteiger partial charge >= 0.3 is 0 Å². The summed E-state index contributed by atoms with van der Waals surface area (Å²) in [6.07, 6.45) is 0. The second kappa shape index (κ2) is 2.90. The maximum absolute atomic E-state index is 4.42. The van der Waals surface area contributed by atoms with Crippen LogP contribution in [0.3, 0.4) is 0 Å². The molecular weight excluding hydrogens is 156 g/mol. The van der Waals surface area contributed by atoms with Crippen molar-refractivity contribution in [3.63, 3.8) is 0 Å². The molecule has 0 spiro atoms. The van der Waals surface area contributed by atoms with E-state index in [0.717, 1.165) is 0 Å². The Kier molecular flexibility index (Phi) is 3.06. The third-order valence-electron chi connectivity index (χ3n) is 2.77. The summed E-state index contributed by atoms with van der Waals surface area (Å²) in [5.41, 5.74) is 0. The van der Waals surface area contributed by atoms with E-state index in [1.165, 1.54) is 0 Å². The minimum atomic E-state index is -1.23. The lowest BCUT2D eigenvalue weighted by Gasteiger charge is -2.39. The molecule has 1 radical (unpaired) electrons. The summed E-state index contributed by atoms with van der Waals surface area (Å²) < 4.78 is 0. The van der Waals surface area contributed by atoms with E-state index in [1.807, 2.05) is 0 Å². The molecular formula is C8H19SSi. The first-order chi connectivity index (χ1) is 4.19. The van der Waals surface area contributed by atoms with E-state index in [0.29, 0.717) is 9.91 Å². The topological polar surface area (TPSA) is 0 Å². The lowest BCUT2D eigenvalue weighted by Crippen LogP contribution is -2.45. The first-order valence-electron chi connectivity index (χ1n) is 3.71. The van der Waals surface area contributed by atoms with Crippen LogP contribution >= 0.6 is 12.6 Å². The van der Waals surface area contributed by atoms with Crippen LogP contribution in [0.15, 0.2) is 0 Å². The summed E-state index contributed by atoms with van der Waals surface area (Å²) in [5, 5.41) is 0.418. The largest absolute Gasteiger partial charge is 0.179 e. The molecule has 0 aliphatic heterocycles. The van der Waals surface area contributed by atoms with Crippen molar-refractivity contribution >= 4 is 20.7 Å². The highest BCUT2D eigenvalue weighted by Gasteiger charge is 2.38. The van der Waals surface area contributed by atoms with Crippen molar-refractivity contribution in [1.29, 1.82) is 0 Å². The molecule has 0 N–H and O–H groups in total. The van der Waals surface area contributed by atoms with Gasteiger partial charge in [0, 0.05) is 0 Å².